The maximum atomic E-state index is 15.0. The largest absolute Gasteiger partial charge is 0.497 e. The zero-order valence-corrected chi connectivity index (χ0v) is 19.4. The van der Waals surface area contributed by atoms with E-state index in [1.54, 1.807) is 6.92 Å². The topological polar surface area (TPSA) is 85.5 Å². The number of nitrogens with zero attached hydrogens (tertiary/aromatic N) is 4. The Balaban J connectivity index is 1.48. The van der Waals surface area contributed by atoms with Crippen LogP contribution in [0.5, 0.6) is 5.75 Å². The van der Waals surface area contributed by atoms with Crippen LogP contribution in [-0.2, 0) is 4.74 Å². The number of pyridine rings is 1. The molecular formula is C24H30FN5O3. The first-order valence-electron chi connectivity index (χ1n) is 11.6. The highest BCUT2D eigenvalue weighted by Gasteiger charge is 2.28. The molecule has 0 amide bonds. The average molecular weight is 456 g/mol. The molecular weight excluding hydrogens is 425 g/mol. The first-order chi connectivity index (χ1) is 16.0. The van der Waals surface area contributed by atoms with Gasteiger partial charge in [0, 0.05) is 50.2 Å². The van der Waals surface area contributed by atoms with E-state index in [0.29, 0.717) is 46.3 Å². The SMILES string of the molecule is COc1cc(F)c2nc(N3CCC(N[C@H]4CCCOC4)CC3)c(-c3noc(C)n3)c(C)c2c1. The number of nitrogens with one attached hydrogen (secondary N) is 1. The second-order valence-corrected chi connectivity index (χ2v) is 8.92. The maximum absolute atomic E-state index is 15.0. The van der Waals surface area contributed by atoms with E-state index in [0.717, 1.165) is 63.1 Å². The van der Waals surface area contributed by atoms with E-state index in [4.69, 9.17) is 19.0 Å². The molecule has 3 aromatic rings. The minimum atomic E-state index is -0.404. The molecule has 0 spiro atoms. The lowest BCUT2D eigenvalue weighted by Crippen LogP contribution is -2.48. The normalized spacial score (nSPS) is 19.9. The minimum absolute atomic E-state index is 0.326. The van der Waals surface area contributed by atoms with Crippen LogP contribution in [0.1, 0.15) is 37.1 Å². The van der Waals surface area contributed by atoms with Crippen molar-refractivity contribution < 1.29 is 18.4 Å². The summed E-state index contributed by atoms with van der Waals surface area (Å²) in [5.41, 5.74) is 1.96. The fourth-order valence-corrected chi connectivity index (χ4v) is 4.92. The standard InChI is InChI=1S/C24H30FN5O3/c1-14-19-11-18(31-3)12-20(25)22(19)28-24(21(14)23-26-15(2)33-29-23)30-8-6-16(7-9-30)27-17-5-4-10-32-13-17/h11-12,16-17,27H,4-10,13H2,1-3H3/t17-/m0/s1. The van der Waals surface area contributed by atoms with Crippen LogP contribution in [0.15, 0.2) is 16.7 Å². The predicted octanol–water partition coefficient (Wildman–Crippen LogP) is 3.79. The first kappa shape index (κ1) is 22.0. The van der Waals surface area contributed by atoms with E-state index < -0.39 is 5.82 Å². The molecule has 2 fully saturated rings. The Morgan fingerprint density at radius 3 is 2.61 bits per heavy atom. The van der Waals surface area contributed by atoms with Gasteiger partial charge >= 0.3 is 0 Å². The summed E-state index contributed by atoms with van der Waals surface area (Å²) in [5, 5.41) is 8.60. The Kier molecular flexibility index (Phi) is 6.16. The third-order valence-corrected chi connectivity index (χ3v) is 6.67. The molecule has 9 heteroatoms. The van der Waals surface area contributed by atoms with E-state index in [9.17, 15) is 4.39 Å². The molecule has 0 bridgehead atoms. The fourth-order valence-electron chi connectivity index (χ4n) is 4.92. The highest BCUT2D eigenvalue weighted by molar-refractivity contribution is 5.93. The average Bonchev–Trinajstić information content (AvgIpc) is 3.26. The summed E-state index contributed by atoms with van der Waals surface area (Å²) < 4.78 is 31.2. The number of fused-ring (bicyclic) bond motifs is 1. The van der Waals surface area contributed by atoms with Crippen LogP contribution >= 0.6 is 0 Å². The Labute approximate surface area is 192 Å². The summed E-state index contributed by atoms with van der Waals surface area (Å²) in [7, 11) is 1.53. The highest BCUT2D eigenvalue weighted by Crippen LogP contribution is 2.38. The molecule has 176 valence electrons. The highest BCUT2D eigenvalue weighted by atomic mass is 19.1. The van der Waals surface area contributed by atoms with Crippen LogP contribution in [0.4, 0.5) is 10.2 Å². The monoisotopic (exact) mass is 455 g/mol. The van der Waals surface area contributed by atoms with E-state index in [1.165, 1.54) is 13.2 Å². The Morgan fingerprint density at radius 2 is 1.94 bits per heavy atom. The third kappa shape index (κ3) is 4.39. The Hall–Kier alpha value is -2.78. The lowest BCUT2D eigenvalue weighted by molar-refractivity contribution is 0.0650. The molecule has 5 rings (SSSR count). The number of rotatable bonds is 5. The Morgan fingerprint density at radius 1 is 1.12 bits per heavy atom. The molecule has 0 aliphatic carbocycles. The molecule has 2 saturated heterocycles. The number of methoxy groups -OCH3 is 1. The zero-order valence-electron chi connectivity index (χ0n) is 19.4. The number of aromatic nitrogens is 3. The van der Waals surface area contributed by atoms with Gasteiger partial charge < -0.3 is 24.2 Å². The van der Waals surface area contributed by atoms with Crippen molar-refractivity contribution in [3.63, 3.8) is 0 Å². The second-order valence-electron chi connectivity index (χ2n) is 8.92. The molecule has 0 unspecified atom stereocenters. The molecule has 2 aliphatic heterocycles. The van der Waals surface area contributed by atoms with Gasteiger partial charge in [-0.3, -0.25) is 0 Å². The van der Waals surface area contributed by atoms with Crippen molar-refractivity contribution in [3.05, 3.63) is 29.4 Å². The van der Waals surface area contributed by atoms with Crippen LogP contribution in [0.2, 0.25) is 0 Å². The summed E-state index contributed by atoms with van der Waals surface area (Å²) in [5.74, 6) is 1.69. The fraction of sp³-hybridized carbons (Fsp3) is 0.542. The van der Waals surface area contributed by atoms with Gasteiger partial charge in [0.1, 0.15) is 17.1 Å². The van der Waals surface area contributed by atoms with Crippen molar-refractivity contribution in [3.8, 4) is 17.1 Å². The van der Waals surface area contributed by atoms with Crippen molar-refractivity contribution in [2.75, 3.05) is 38.3 Å². The van der Waals surface area contributed by atoms with Crippen LogP contribution < -0.4 is 15.0 Å². The quantitative estimate of drug-likeness (QED) is 0.622. The lowest BCUT2D eigenvalue weighted by Gasteiger charge is -2.37. The van der Waals surface area contributed by atoms with Crippen LogP contribution in [0.25, 0.3) is 22.3 Å². The Bertz CT molecular complexity index is 1140. The number of halogens is 1. The molecule has 2 aliphatic rings. The third-order valence-electron chi connectivity index (χ3n) is 6.67. The van der Waals surface area contributed by atoms with Crippen molar-refractivity contribution in [1.82, 2.24) is 20.4 Å². The van der Waals surface area contributed by atoms with Crippen molar-refractivity contribution >= 4 is 16.7 Å². The van der Waals surface area contributed by atoms with E-state index in [2.05, 4.69) is 20.4 Å². The van der Waals surface area contributed by atoms with E-state index >= 15 is 0 Å². The molecule has 1 N–H and O–H groups in total. The first-order valence-corrected chi connectivity index (χ1v) is 11.6. The van der Waals surface area contributed by atoms with E-state index in [-0.39, 0.29) is 0 Å². The van der Waals surface area contributed by atoms with Gasteiger partial charge in [-0.2, -0.15) is 4.98 Å². The van der Waals surface area contributed by atoms with Crippen LogP contribution in [-0.4, -0.2) is 60.6 Å². The summed E-state index contributed by atoms with van der Waals surface area (Å²) >= 11 is 0. The van der Waals surface area contributed by atoms with Gasteiger partial charge in [-0.15, -0.1) is 0 Å². The number of hydrogen-bond acceptors (Lipinski definition) is 8. The summed E-state index contributed by atoms with van der Waals surface area (Å²) in [6, 6.07) is 4.05. The number of piperidine rings is 1. The van der Waals surface area contributed by atoms with Crippen molar-refractivity contribution in [2.45, 2.75) is 51.6 Å². The smallest absolute Gasteiger partial charge is 0.223 e. The molecule has 4 heterocycles. The van der Waals surface area contributed by atoms with Gasteiger partial charge in [0.25, 0.3) is 0 Å². The van der Waals surface area contributed by atoms with Gasteiger partial charge in [0.05, 0.1) is 19.3 Å². The number of hydrogen-bond donors (Lipinski definition) is 1. The maximum Gasteiger partial charge on any atom is 0.223 e. The summed E-state index contributed by atoms with van der Waals surface area (Å²) in [6.07, 6.45) is 4.23. The van der Waals surface area contributed by atoms with Crippen LogP contribution in [0, 0.1) is 19.7 Å². The number of aryl methyl sites for hydroxylation is 2. The lowest BCUT2D eigenvalue weighted by atomic mass is 9.99. The van der Waals surface area contributed by atoms with Gasteiger partial charge in [0.15, 0.2) is 5.82 Å². The number of benzene rings is 1. The molecule has 2 aromatic heterocycles. The minimum Gasteiger partial charge on any atom is -0.497 e. The molecule has 33 heavy (non-hydrogen) atoms. The van der Waals surface area contributed by atoms with Crippen molar-refractivity contribution in [2.24, 2.45) is 0 Å². The van der Waals surface area contributed by atoms with E-state index in [1.807, 2.05) is 13.0 Å². The molecule has 8 nitrogen and oxygen atoms in total. The number of ether oxygens (including phenoxy) is 2. The molecule has 1 atom stereocenters. The van der Waals surface area contributed by atoms with Crippen LogP contribution in [0.3, 0.4) is 0 Å². The van der Waals surface area contributed by atoms with Crippen molar-refractivity contribution in [1.29, 1.82) is 0 Å². The number of anilines is 1. The molecule has 0 saturated carbocycles. The zero-order chi connectivity index (χ0) is 22.9. The molecule has 0 radical (unpaired) electrons. The van der Waals surface area contributed by atoms with Gasteiger partial charge in [-0.25, -0.2) is 9.37 Å². The van der Waals surface area contributed by atoms with Gasteiger partial charge in [-0.05, 0) is 44.2 Å². The summed E-state index contributed by atoms with van der Waals surface area (Å²) in [4.78, 5) is 11.5. The predicted molar refractivity (Wildman–Crippen MR) is 123 cm³/mol. The summed E-state index contributed by atoms with van der Waals surface area (Å²) in [6.45, 7) is 6.98. The second kappa shape index (κ2) is 9.23. The van der Waals surface area contributed by atoms with Gasteiger partial charge in [0.2, 0.25) is 11.7 Å². The molecule has 1 aromatic carbocycles. The van der Waals surface area contributed by atoms with Gasteiger partial charge in [-0.1, -0.05) is 5.16 Å².